The molecule has 1 heterocycles. The van der Waals surface area contributed by atoms with E-state index in [2.05, 4.69) is 5.32 Å². The van der Waals surface area contributed by atoms with Gasteiger partial charge in [-0.25, -0.2) is 4.39 Å². The molecular weight excluding hydrogens is 343 g/mol. The fourth-order valence-electron chi connectivity index (χ4n) is 3.73. The van der Waals surface area contributed by atoms with Crippen molar-refractivity contribution in [3.63, 3.8) is 0 Å². The van der Waals surface area contributed by atoms with E-state index < -0.39 is 0 Å². The summed E-state index contributed by atoms with van der Waals surface area (Å²) in [4.78, 5) is 26.5. The van der Waals surface area contributed by atoms with Gasteiger partial charge in [-0.15, -0.1) is 0 Å². The first-order chi connectivity index (χ1) is 13.0. The average Bonchev–Trinajstić information content (AvgIpc) is 3.46. The molecule has 1 saturated carbocycles. The van der Waals surface area contributed by atoms with Gasteiger partial charge in [-0.3, -0.25) is 9.59 Å². The van der Waals surface area contributed by atoms with Gasteiger partial charge in [-0.1, -0.05) is 24.3 Å². The van der Waals surface area contributed by atoms with Crippen molar-refractivity contribution in [2.24, 2.45) is 5.41 Å². The lowest BCUT2D eigenvalue weighted by molar-refractivity contribution is -0.131. The Bertz CT molecular complexity index is 832. The SMILES string of the molecule is O=C(NCC(=O)N1CCC2(CC1)CC2)c1ccc(-c2ccc(F)cc2)cc1. The minimum absolute atomic E-state index is 0.0122. The molecule has 2 aromatic rings. The van der Waals surface area contributed by atoms with E-state index in [1.54, 1.807) is 24.3 Å². The molecule has 2 aliphatic rings. The summed E-state index contributed by atoms with van der Waals surface area (Å²) in [5, 5.41) is 2.72. The van der Waals surface area contributed by atoms with Gasteiger partial charge in [0.05, 0.1) is 6.54 Å². The van der Waals surface area contributed by atoms with Crippen LogP contribution in [0.25, 0.3) is 11.1 Å². The van der Waals surface area contributed by atoms with Gasteiger partial charge in [0, 0.05) is 18.7 Å². The second-order valence-electron chi connectivity index (χ2n) is 7.65. The summed E-state index contributed by atoms with van der Waals surface area (Å²) in [6, 6.07) is 13.3. The molecule has 1 spiro atoms. The molecule has 1 saturated heterocycles. The summed E-state index contributed by atoms with van der Waals surface area (Å²) in [5.41, 5.74) is 2.83. The molecule has 0 bridgehead atoms. The maximum Gasteiger partial charge on any atom is 0.251 e. The van der Waals surface area contributed by atoms with E-state index in [9.17, 15) is 14.0 Å². The minimum Gasteiger partial charge on any atom is -0.343 e. The van der Waals surface area contributed by atoms with Crippen LogP contribution in [0.5, 0.6) is 0 Å². The smallest absolute Gasteiger partial charge is 0.251 e. The number of hydrogen-bond donors (Lipinski definition) is 1. The molecule has 2 amide bonds. The molecule has 1 aliphatic heterocycles. The van der Waals surface area contributed by atoms with Crippen LogP contribution in [0.1, 0.15) is 36.0 Å². The van der Waals surface area contributed by atoms with Crippen LogP contribution in [0.2, 0.25) is 0 Å². The van der Waals surface area contributed by atoms with Gasteiger partial charge in [-0.05, 0) is 66.5 Å². The highest BCUT2D eigenvalue weighted by Crippen LogP contribution is 2.53. The third-order valence-corrected chi connectivity index (χ3v) is 5.86. The number of carbonyl (C=O) groups is 2. The Hall–Kier alpha value is -2.69. The molecule has 140 valence electrons. The second kappa shape index (κ2) is 7.14. The number of amides is 2. The van der Waals surface area contributed by atoms with Crippen molar-refractivity contribution in [1.82, 2.24) is 10.2 Å². The molecule has 0 unspecified atom stereocenters. The average molecular weight is 366 g/mol. The fraction of sp³-hybridized carbons (Fsp3) is 0.364. The maximum absolute atomic E-state index is 13.0. The highest BCUT2D eigenvalue weighted by atomic mass is 19.1. The second-order valence-corrected chi connectivity index (χ2v) is 7.65. The molecule has 0 radical (unpaired) electrons. The molecule has 0 aromatic heterocycles. The molecule has 0 atom stereocenters. The van der Waals surface area contributed by atoms with E-state index in [0.717, 1.165) is 37.1 Å². The van der Waals surface area contributed by atoms with Crippen LogP contribution in [0.15, 0.2) is 48.5 Å². The van der Waals surface area contributed by atoms with Crippen LogP contribution in [0.4, 0.5) is 4.39 Å². The first-order valence-corrected chi connectivity index (χ1v) is 9.47. The highest BCUT2D eigenvalue weighted by Gasteiger charge is 2.44. The van der Waals surface area contributed by atoms with Gasteiger partial charge < -0.3 is 10.2 Å². The number of nitrogens with one attached hydrogen (secondary N) is 1. The number of piperidine rings is 1. The molecule has 1 aliphatic carbocycles. The van der Waals surface area contributed by atoms with Crippen LogP contribution < -0.4 is 5.32 Å². The number of rotatable bonds is 4. The summed E-state index contributed by atoms with van der Waals surface area (Å²) < 4.78 is 13.0. The predicted molar refractivity (Wildman–Crippen MR) is 102 cm³/mol. The van der Waals surface area contributed by atoms with Crippen LogP contribution >= 0.6 is 0 Å². The van der Waals surface area contributed by atoms with Crippen LogP contribution in [-0.2, 0) is 4.79 Å². The lowest BCUT2D eigenvalue weighted by atomic mass is 9.94. The molecule has 4 rings (SSSR count). The topological polar surface area (TPSA) is 49.4 Å². The molecular formula is C22H23FN2O2. The number of hydrogen-bond acceptors (Lipinski definition) is 2. The molecule has 1 N–H and O–H groups in total. The van der Waals surface area contributed by atoms with Crippen LogP contribution in [0.3, 0.4) is 0 Å². The maximum atomic E-state index is 13.0. The molecule has 4 nitrogen and oxygen atoms in total. The highest BCUT2D eigenvalue weighted by molar-refractivity contribution is 5.96. The van der Waals surface area contributed by atoms with E-state index in [1.807, 2.05) is 17.0 Å². The van der Waals surface area contributed by atoms with Crippen molar-refractivity contribution in [2.45, 2.75) is 25.7 Å². The van der Waals surface area contributed by atoms with Crippen molar-refractivity contribution in [3.05, 3.63) is 59.9 Å². The van der Waals surface area contributed by atoms with Gasteiger partial charge in [0.15, 0.2) is 0 Å². The summed E-state index contributed by atoms with van der Waals surface area (Å²) >= 11 is 0. The van der Waals surface area contributed by atoms with E-state index in [-0.39, 0.29) is 24.2 Å². The Morgan fingerprint density at radius 3 is 2.00 bits per heavy atom. The molecule has 5 heteroatoms. The standard InChI is InChI=1S/C22H23FN2O2/c23-19-7-5-17(6-8-19)16-1-3-18(4-2-16)21(27)24-15-20(26)25-13-11-22(9-10-22)12-14-25/h1-8H,9-15H2,(H,24,27). The van der Waals surface area contributed by atoms with Crippen molar-refractivity contribution in [2.75, 3.05) is 19.6 Å². The van der Waals surface area contributed by atoms with Gasteiger partial charge >= 0.3 is 0 Å². The third-order valence-electron chi connectivity index (χ3n) is 5.86. The lowest BCUT2D eigenvalue weighted by Crippen LogP contribution is -2.44. The summed E-state index contributed by atoms with van der Waals surface area (Å²) in [7, 11) is 0. The minimum atomic E-state index is -0.277. The first kappa shape index (κ1) is 17.7. The Balaban J connectivity index is 1.30. The zero-order valence-corrected chi connectivity index (χ0v) is 15.2. The number of nitrogens with zero attached hydrogens (tertiary/aromatic N) is 1. The molecule has 2 fully saturated rings. The first-order valence-electron chi connectivity index (χ1n) is 9.47. The zero-order valence-electron chi connectivity index (χ0n) is 15.2. The normalized spacial score (nSPS) is 17.6. The lowest BCUT2D eigenvalue weighted by Gasteiger charge is -2.32. The van der Waals surface area contributed by atoms with Crippen molar-refractivity contribution < 1.29 is 14.0 Å². The monoisotopic (exact) mass is 366 g/mol. The van der Waals surface area contributed by atoms with Crippen molar-refractivity contribution in [1.29, 1.82) is 0 Å². The van der Waals surface area contributed by atoms with E-state index >= 15 is 0 Å². The number of carbonyl (C=O) groups excluding carboxylic acids is 2. The largest absolute Gasteiger partial charge is 0.343 e. The Kier molecular flexibility index (Phi) is 4.68. The van der Waals surface area contributed by atoms with E-state index in [1.165, 1.54) is 25.0 Å². The summed E-state index contributed by atoms with van der Waals surface area (Å²) in [6.45, 7) is 1.65. The van der Waals surface area contributed by atoms with E-state index in [4.69, 9.17) is 0 Å². The summed E-state index contributed by atoms with van der Waals surface area (Å²) in [6.07, 6.45) is 4.80. The van der Waals surface area contributed by atoms with Crippen molar-refractivity contribution in [3.8, 4) is 11.1 Å². The number of halogens is 1. The van der Waals surface area contributed by atoms with Gasteiger partial charge in [-0.2, -0.15) is 0 Å². The zero-order chi connectivity index (χ0) is 18.9. The van der Waals surface area contributed by atoms with E-state index in [0.29, 0.717) is 11.0 Å². The molecule has 27 heavy (non-hydrogen) atoms. The van der Waals surface area contributed by atoms with Crippen molar-refractivity contribution >= 4 is 11.8 Å². The predicted octanol–water partition coefficient (Wildman–Crippen LogP) is 3.63. The third kappa shape index (κ3) is 4.02. The number of likely N-dealkylation sites (tertiary alicyclic amines) is 1. The Morgan fingerprint density at radius 2 is 1.44 bits per heavy atom. The van der Waals surface area contributed by atoms with Gasteiger partial charge in [0.1, 0.15) is 5.82 Å². The van der Waals surface area contributed by atoms with Crippen LogP contribution in [-0.4, -0.2) is 36.3 Å². The van der Waals surface area contributed by atoms with Crippen LogP contribution in [0, 0.1) is 11.2 Å². The Labute approximate surface area is 158 Å². The van der Waals surface area contributed by atoms with Gasteiger partial charge in [0.2, 0.25) is 5.91 Å². The fourth-order valence-corrected chi connectivity index (χ4v) is 3.73. The number of benzene rings is 2. The van der Waals surface area contributed by atoms with Gasteiger partial charge in [0.25, 0.3) is 5.91 Å². The quantitative estimate of drug-likeness (QED) is 0.898. The summed E-state index contributed by atoms with van der Waals surface area (Å²) in [5.74, 6) is -0.549. The Morgan fingerprint density at radius 1 is 0.889 bits per heavy atom. The molecule has 2 aromatic carbocycles.